The summed E-state index contributed by atoms with van der Waals surface area (Å²) in [6.45, 7) is 1.63. The largest absolute Gasteiger partial charge is 0.318 e. The molecular weight excluding hydrogens is 221 g/mol. The molecule has 0 aliphatic carbocycles. The van der Waals surface area contributed by atoms with Gasteiger partial charge in [0.05, 0.1) is 5.54 Å². The average Bonchev–Trinajstić information content (AvgIpc) is 2.18. The van der Waals surface area contributed by atoms with E-state index in [9.17, 15) is 4.79 Å². The first-order valence-electron chi connectivity index (χ1n) is 4.02. The SMILES string of the molecule is CC(N)(CCl)C(=O)c1ccccc1.Cl. The first kappa shape index (κ1) is 13.4. The van der Waals surface area contributed by atoms with Crippen molar-refractivity contribution in [2.24, 2.45) is 5.73 Å². The zero-order valence-corrected chi connectivity index (χ0v) is 9.44. The van der Waals surface area contributed by atoms with Crippen LogP contribution in [0, 0.1) is 0 Å². The van der Waals surface area contributed by atoms with Crippen LogP contribution in [0.15, 0.2) is 30.3 Å². The Morgan fingerprint density at radius 1 is 1.43 bits per heavy atom. The molecule has 0 spiro atoms. The minimum absolute atomic E-state index is 0. The lowest BCUT2D eigenvalue weighted by Gasteiger charge is -2.19. The molecular formula is C10H13Cl2NO. The molecule has 1 unspecified atom stereocenters. The van der Waals surface area contributed by atoms with E-state index in [1.54, 1.807) is 31.2 Å². The molecule has 4 heteroatoms. The van der Waals surface area contributed by atoms with Crippen molar-refractivity contribution in [1.29, 1.82) is 0 Å². The van der Waals surface area contributed by atoms with Crippen molar-refractivity contribution >= 4 is 29.8 Å². The van der Waals surface area contributed by atoms with E-state index in [2.05, 4.69) is 0 Å². The third-order valence-electron chi connectivity index (χ3n) is 1.83. The molecule has 1 aromatic rings. The van der Waals surface area contributed by atoms with E-state index in [0.717, 1.165) is 0 Å². The number of hydrogen-bond acceptors (Lipinski definition) is 2. The third-order valence-corrected chi connectivity index (χ3v) is 2.39. The van der Waals surface area contributed by atoms with Crippen LogP contribution in [0.3, 0.4) is 0 Å². The molecule has 0 amide bonds. The van der Waals surface area contributed by atoms with E-state index in [1.165, 1.54) is 0 Å². The summed E-state index contributed by atoms with van der Waals surface area (Å²) in [4.78, 5) is 11.7. The smallest absolute Gasteiger partial charge is 0.183 e. The van der Waals surface area contributed by atoms with E-state index in [0.29, 0.717) is 5.56 Å². The highest BCUT2D eigenvalue weighted by atomic mass is 35.5. The molecule has 0 saturated carbocycles. The Bertz CT molecular complexity index is 298. The van der Waals surface area contributed by atoms with Gasteiger partial charge < -0.3 is 5.73 Å². The van der Waals surface area contributed by atoms with Gasteiger partial charge in [0, 0.05) is 11.4 Å². The van der Waals surface area contributed by atoms with Crippen molar-refractivity contribution < 1.29 is 4.79 Å². The highest BCUT2D eigenvalue weighted by Gasteiger charge is 2.27. The molecule has 0 heterocycles. The van der Waals surface area contributed by atoms with Crippen LogP contribution in [0.25, 0.3) is 0 Å². The molecule has 1 aromatic carbocycles. The Balaban J connectivity index is 0.00000169. The van der Waals surface area contributed by atoms with Crippen molar-refractivity contribution in [3.63, 3.8) is 0 Å². The number of benzene rings is 1. The van der Waals surface area contributed by atoms with Crippen LogP contribution in [0.1, 0.15) is 17.3 Å². The maximum Gasteiger partial charge on any atom is 0.183 e. The zero-order valence-electron chi connectivity index (χ0n) is 7.87. The fourth-order valence-corrected chi connectivity index (χ4v) is 1.10. The summed E-state index contributed by atoms with van der Waals surface area (Å²) in [6.07, 6.45) is 0. The summed E-state index contributed by atoms with van der Waals surface area (Å²) in [7, 11) is 0. The molecule has 0 aliphatic rings. The van der Waals surface area contributed by atoms with Gasteiger partial charge in [-0.05, 0) is 6.92 Å². The lowest BCUT2D eigenvalue weighted by atomic mass is 9.94. The van der Waals surface area contributed by atoms with Crippen LogP contribution < -0.4 is 5.73 Å². The first-order chi connectivity index (χ1) is 6.08. The quantitative estimate of drug-likeness (QED) is 0.643. The van der Waals surface area contributed by atoms with Crippen LogP contribution in [0.2, 0.25) is 0 Å². The van der Waals surface area contributed by atoms with Gasteiger partial charge in [-0.1, -0.05) is 30.3 Å². The van der Waals surface area contributed by atoms with E-state index in [1.807, 2.05) is 6.07 Å². The zero-order chi connectivity index (χ0) is 9.90. The number of rotatable bonds is 3. The summed E-state index contributed by atoms with van der Waals surface area (Å²) < 4.78 is 0. The minimum atomic E-state index is -0.969. The minimum Gasteiger partial charge on any atom is -0.318 e. The summed E-state index contributed by atoms with van der Waals surface area (Å²) >= 11 is 5.59. The predicted molar refractivity (Wildman–Crippen MR) is 61.3 cm³/mol. The number of carbonyl (C=O) groups excluding carboxylic acids is 1. The molecule has 0 radical (unpaired) electrons. The molecule has 1 atom stereocenters. The number of hydrogen-bond donors (Lipinski definition) is 1. The Hall–Kier alpha value is -0.570. The van der Waals surface area contributed by atoms with Gasteiger partial charge in [0.1, 0.15) is 0 Å². The summed E-state index contributed by atoms with van der Waals surface area (Å²) in [5.41, 5.74) is 5.35. The summed E-state index contributed by atoms with van der Waals surface area (Å²) in [6, 6.07) is 8.93. The molecule has 0 fully saturated rings. The standard InChI is InChI=1S/C10H12ClNO.ClH/c1-10(12,7-11)9(13)8-5-3-2-4-6-8;/h2-6H,7,12H2,1H3;1H. The molecule has 0 aromatic heterocycles. The van der Waals surface area contributed by atoms with E-state index in [4.69, 9.17) is 17.3 Å². The highest BCUT2D eigenvalue weighted by molar-refractivity contribution is 6.22. The Morgan fingerprint density at radius 2 is 1.93 bits per heavy atom. The van der Waals surface area contributed by atoms with Gasteiger partial charge in [-0.25, -0.2) is 0 Å². The number of nitrogens with two attached hydrogens (primary N) is 1. The van der Waals surface area contributed by atoms with Crippen LogP contribution in [0.5, 0.6) is 0 Å². The van der Waals surface area contributed by atoms with Gasteiger partial charge in [-0.2, -0.15) is 0 Å². The summed E-state index contributed by atoms with van der Waals surface area (Å²) in [5, 5.41) is 0. The number of carbonyl (C=O) groups is 1. The van der Waals surface area contributed by atoms with E-state index < -0.39 is 5.54 Å². The highest BCUT2D eigenvalue weighted by Crippen LogP contribution is 2.11. The molecule has 2 N–H and O–H groups in total. The monoisotopic (exact) mass is 233 g/mol. The molecule has 78 valence electrons. The molecule has 1 rings (SSSR count). The maximum absolute atomic E-state index is 11.7. The van der Waals surface area contributed by atoms with Crippen molar-refractivity contribution in [2.45, 2.75) is 12.5 Å². The first-order valence-corrected chi connectivity index (χ1v) is 4.56. The lowest BCUT2D eigenvalue weighted by molar-refractivity contribution is 0.0916. The van der Waals surface area contributed by atoms with Crippen LogP contribution in [-0.2, 0) is 0 Å². The van der Waals surface area contributed by atoms with Crippen LogP contribution in [-0.4, -0.2) is 17.2 Å². The van der Waals surface area contributed by atoms with Crippen molar-refractivity contribution in [2.75, 3.05) is 5.88 Å². The second-order valence-electron chi connectivity index (χ2n) is 3.25. The fraction of sp³-hybridized carbons (Fsp3) is 0.300. The Morgan fingerprint density at radius 3 is 2.36 bits per heavy atom. The second-order valence-corrected chi connectivity index (χ2v) is 3.51. The normalized spacial score (nSPS) is 13.9. The van der Waals surface area contributed by atoms with E-state index >= 15 is 0 Å². The van der Waals surface area contributed by atoms with Crippen LogP contribution in [0.4, 0.5) is 0 Å². The molecule has 0 saturated heterocycles. The summed E-state index contributed by atoms with van der Waals surface area (Å²) in [5.74, 6) is 0.00359. The van der Waals surface area contributed by atoms with Gasteiger partial charge in [0.2, 0.25) is 0 Å². The van der Waals surface area contributed by atoms with Gasteiger partial charge in [-0.3, -0.25) is 4.79 Å². The molecule has 2 nitrogen and oxygen atoms in total. The predicted octanol–water partition coefficient (Wildman–Crippen LogP) is 2.25. The van der Waals surface area contributed by atoms with Gasteiger partial charge in [0.15, 0.2) is 5.78 Å². The van der Waals surface area contributed by atoms with Crippen molar-refractivity contribution in [3.05, 3.63) is 35.9 Å². The molecule has 14 heavy (non-hydrogen) atoms. The average molecular weight is 234 g/mol. The van der Waals surface area contributed by atoms with Crippen LogP contribution >= 0.6 is 24.0 Å². The Kier molecular flexibility index (Phi) is 5.13. The number of Topliss-reactive ketones (excluding diaryl/α,β-unsaturated/α-hetero) is 1. The maximum atomic E-state index is 11.7. The second kappa shape index (κ2) is 5.35. The third kappa shape index (κ3) is 2.98. The molecule has 0 bridgehead atoms. The van der Waals surface area contributed by atoms with Crippen molar-refractivity contribution in [3.8, 4) is 0 Å². The van der Waals surface area contributed by atoms with Gasteiger partial charge >= 0.3 is 0 Å². The Labute approximate surface area is 94.8 Å². The topological polar surface area (TPSA) is 43.1 Å². The number of ketones is 1. The fourth-order valence-electron chi connectivity index (χ4n) is 0.980. The number of alkyl halides is 1. The number of halogens is 2. The van der Waals surface area contributed by atoms with Gasteiger partial charge in [-0.15, -0.1) is 24.0 Å². The molecule has 0 aliphatic heterocycles. The van der Waals surface area contributed by atoms with Crippen molar-refractivity contribution in [1.82, 2.24) is 0 Å². The lowest BCUT2D eigenvalue weighted by Crippen LogP contribution is -2.46. The van der Waals surface area contributed by atoms with Gasteiger partial charge in [0.25, 0.3) is 0 Å². The van der Waals surface area contributed by atoms with E-state index in [-0.39, 0.29) is 24.1 Å².